The van der Waals surface area contributed by atoms with Crippen LogP contribution in [0.1, 0.15) is 34.8 Å². The van der Waals surface area contributed by atoms with Crippen LogP contribution >= 0.6 is 22.9 Å². The number of sulfone groups is 1. The Morgan fingerprint density at radius 2 is 1.83 bits per heavy atom. The van der Waals surface area contributed by atoms with E-state index >= 15 is 0 Å². The molecule has 1 heterocycles. The second-order valence-electron chi connectivity index (χ2n) is 7.31. The third-order valence-corrected chi connectivity index (χ3v) is 6.89. The number of aromatic nitrogens is 1. The van der Waals surface area contributed by atoms with Crippen molar-refractivity contribution in [3.05, 3.63) is 69.0 Å². The van der Waals surface area contributed by atoms with E-state index in [9.17, 15) is 18.3 Å². The van der Waals surface area contributed by atoms with Crippen molar-refractivity contribution < 1.29 is 18.3 Å². The summed E-state index contributed by atoms with van der Waals surface area (Å²) < 4.78 is 23.2. The number of hydrogen-bond acceptors (Lipinski definition) is 6. The summed E-state index contributed by atoms with van der Waals surface area (Å²) in [6.07, 6.45) is 1.23. The molecule has 8 heteroatoms. The summed E-state index contributed by atoms with van der Waals surface area (Å²) in [6.45, 7) is 3.38. The van der Waals surface area contributed by atoms with Crippen LogP contribution in [-0.2, 0) is 21.9 Å². The predicted molar refractivity (Wildman–Crippen MR) is 115 cm³/mol. The number of carbonyl (C=O) groups is 1. The Labute approximate surface area is 178 Å². The van der Waals surface area contributed by atoms with E-state index in [1.54, 1.807) is 13.8 Å². The zero-order valence-corrected chi connectivity index (χ0v) is 18.5. The van der Waals surface area contributed by atoms with Gasteiger partial charge >= 0.3 is 0 Å². The lowest BCUT2D eigenvalue weighted by atomic mass is 10.0. The van der Waals surface area contributed by atoms with Gasteiger partial charge in [-0.15, -0.1) is 11.3 Å². The van der Waals surface area contributed by atoms with Gasteiger partial charge in [0.15, 0.2) is 15.6 Å². The van der Waals surface area contributed by atoms with Crippen LogP contribution in [0.3, 0.4) is 0 Å². The van der Waals surface area contributed by atoms with Gasteiger partial charge in [0, 0.05) is 29.2 Å². The van der Waals surface area contributed by atoms with Crippen LogP contribution in [0.5, 0.6) is 0 Å². The molecule has 152 valence electrons. The summed E-state index contributed by atoms with van der Waals surface area (Å²) in [5.74, 6) is -0.194. The van der Waals surface area contributed by atoms with Crippen LogP contribution in [0.25, 0.3) is 11.3 Å². The first-order chi connectivity index (χ1) is 13.4. The van der Waals surface area contributed by atoms with Gasteiger partial charge in [0.25, 0.3) is 0 Å². The molecule has 0 amide bonds. The van der Waals surface area contributed by atoms with Gasteiger partial charge in [0.05, 0.1) is 15.6 Å². The fourth-order valence-corrected chi connectivity index (χ4v) is 4.56. The number of ketones is 1. The third kappa shape index (κ3) is 5.11. The van der Waals surface area contributed by atoms with Gasteiger partial charge in [-0.3, -0.25) is 4.79 Å². The molecule has 5 nitrogen and oxygen atoms in total. The van der Waals surface area contributed by atoms with E-state index in [0.29, 0.717) is 5.01 Å². The van der Waals surface area contributed by atoms with Gasteiger partial charge in [0.2, 0.25) is 0 Å². The summed E-state index contributed by atoms with van der Waals surface area (Å²) in [5.41, 5.74) is 1.77. The van der Waals surface area contributed by atoms with Crippen LogP contribution in [-0.4, -0.2) is 30.5 Å². The van der Waals surface area contributed by atoms with Gasteiger partial charge in [0.1, 0.15) is 10.6 Å². The number of aliphatic hydroxyl groups is 1. The topological polar surface area (TPSA) is 84.3 Å². The molecule has 0 bridgehead atoms. The number of halogens is 1. The number of carbonyl (C=O) groups excluding carboxylic acids is 1. The number of thiazole rings is 1. The Kier molecular flexibility index (Phi) is 5.96. The lowest BCUT2D eigenvalue weighted by molar-refractivity contribution is 0.0783. The molecule has 29 heavy (non-hydrogen) atoms. The second-order valence-corrected chi connectivity index (χ2v) is 10.6. The van der Waals surface area contributed by atoms with Gasteiger partial charge in [-0.25, -0.2) is 13.4 Å². The summed E-state index contributed by atoms with van der Waals surface area (Å²) in [6, 6.07) is 11.6. The number of hydrogen-bond donors (Lipinski definition) is 1. The van der Waals surface area contributed by atoms with Crippen molar-refractivity contribution in [1.29, 1.82) is 0 Å². The molecule has 0 fully saturated rings. The Morgan fingerprint density at radius 1 is 1.17 bits per heavy atom. The van der Waals surface area contributed by atoms with Crippen molar-refractivity contribution in [2.75, 3.05) is 6.26 Å². The molecular formula is C21H20ClNO4S2. The van der Waals surface area contributed by atoms with E-state index in [1.807, 2.05) is 29.6 Å². The molecular weight excluding hydrogens is 430 g/mol. The fourth-order valence-electron chi connectivity index (χ4n) is 2.71. The quantitative estimate of drug-likeness (QED) is 0.559. The molecule has 0 atom stereocenters. The highest BCUT2D eigenvalue weighted by atomic mass is 35.5. The molecule has 1 N–H and O–H groups in total. The Morgan fingerprint density at radius 3 is 2.34 bits per heavy atom. The van der Waals surface area contributed by atoms with E-state index in [4.69, 9.17) is 11.6 Å². The summed E-state index contributed by atoms with van der Waals surface area (Å²) >= 11 is 7.52. The number of rotatable bonds is 6. The fraction of sp³-hybridized carbons (Fsp3) is 0.238. The largest absolute Gasteiger partial charge is 0.383 e. The molecule has 0 aliphatic rings. The van der Waals surface area contributed by atoms with Gasteiger partial charge in [-0.1, -0.05) is 35.9 Å². The van der Waals surface area contributed by atoms with Crippen molar-refractivity contribution in [1.82, 2.24) is 4.98 Å². The molecule has 0 spiro atoms. The first kappa shape index (κ1) is 21.6. The molecule has 0 unspecified atom stereocenters. The van der Waals surface area contributed by atoms with E-state index in [-0.39, 0.29) is 27.7 Å². The third-order valence-electron chi connectivity index (χ3n) is 4.31. The van der Waals surface area contributed by atoms with Crippen LogP contribution in [0.2, 0.25) is 5.02 Å². The standard InChI is InChI=1S/C21H20ClNO4S2/c1-21(2,25)20-23-18(12-28-20)14-6-4-13(5-7-14)10-19(24)16-9-8-15(11-17(16)22)29(3,26)27/h4-9,11-12,25H,10H2,1-3H3. The summed E-state index contributed by atoms with van der Waals surface area (Å²) in [4.78, 5) is 17.1. The molecule has 0 radical (unpaired) electrons. The Hall–Kier alpha value is -2.06. The SMILES string of the molecule is CC(C)(O)c1nc(-c2ccc(CC(=O)c3ccc(S(C)(=O)=O)cc3Cl)cc2)cs1. The van der Waals surface area contributed by atoms with Crippen LogP contribution in [0.4, 0.5) is 0 Å². The molecule has 3 aromatic rings. The molecule has 0 aliphatic carbocycles. The number of nitrogens with zero attached hydrogens (tertiary/aromatic N) is 1. The van der Waals surface area contributed by atoms with Crippen LogP contribution in [0.15, 0.2) is 52.7 Å². The number of benzene rings is 2. The maximum absolute atomic E-state index is 12.6. The molecule has 0 aliphatic heterocycles. The summed E-state index contributed by atoms with van der Waals surface area (Å²) in [7, 11) is -3.38. The zero-order chi connectivity index (χ0) is 21.4. The average Bonchev–Trinajstić information content (AvgIpc) is 3.12. The molecule has 3 rings (SSSR count). The molecule has 1 aromatic heterocycles. The maximum Gasteiger partial charge on any atom is 0.175 e. The highest BCUT2D eigenvalue weighted by Gasteiger charge is 2.20. The average molecular weight is 450 g/mol. The smallest absolute Gasteiger partial charge is 0.175 e. The summed E-state index contributed by atoms with van der Waals surface area (Å²) in [5, 5.41) is 12.7. The van der Waals surface area contributed by atoms with E-state index in [0.717, 1.165) is 23.1 Å². The van der Waals surface area contributed by atoms with Crippen molar-refractivity contribution in [3.8, 4) is 11.3 Å². The second kappa shape index (κ2) is 7.99. The van der Waals surface area contributed by atoms with Crippen molar-refractivity contribution in [2.45, 2.75) is 30.8 Å². The van der Waals surface area contributed by atoms with Crippen molar-refractivity contribution >= 4 is 38.6 Å². The zero-order valence-electron chi connectivity index (χ0n) is 16.1. The highest BCUT2D eigenvalue weighted by molar-refractivity contribution is 7.90. The van der Waals surface area contributed by atoms with E-state index < -0.39 is 15.4 Å². The van der Waals surface area contributed by atoms with Gasteiger partial charge in [-0.2, -0.15) is 0 Å². The minimum absolute atomic E-state index is 0.0806. The Balaban J connectivity index is 1.76. The lowest BCUT2D eigenvalue weighted by Crippen LogP contribution is -2.14. The van der Waals surface area contributed by atoms with Crippen molar-refractivity contribution in [2.24, 2.45) is 0 Å². The first-order valence-electron chi connectivity index (χ1n) is 8.75. The predicted octanol–water partition coefficient (Wildman–Crippen LogP) is 4.52. The number of Topliss-reactive ketones (excluding diaryl/α,β-unsaturated/α-hetero) is 1. The van der Waals surface area contributed by atoms with Crippen LogP contribution < -0.4 is 0 Å². The Bertz CT molecular complexity index is 1160. The lowest BCUT2D eigenvalue weighted by Gasteiger charge is -2.12. The molecule has 2 aromatic carbocycles. The normalized spacial score (nSPS) is 12.2. The van der Waals surface area contributed by atoms with Crippen LogP contribution in [0, 0.1) is 0 Å². The molecule has 0 saturated carbocycles. The van der Waals surface area contributed by atoms with Gasteiger partial charge < -0.3 is 5.11 Å². The highest BCUT2D eigenvalue weighted by Crippen LogP contribution is 2.29. The van der Waals surface area contributed by atoms with E-state index in [2.05, 4.69) is 4.98 Å². The van der Waals surface area contributed by atoms with Crippen molar-refractivity contribution in [3.63, 3.8) is 0 Å². The first-order valence-corrected chi connectivity index (χ1v) is 11.9. The van der Waals surface area contributed by atoms with E-state index in [1.165, 1.54) is 29.5 Å². The monoisotopic (exact) mass is 449 g/mol. The minimum atomic E-state index is -3.38. The maximum atomic E-state index is 12.6. The van der Waals surface area contributed by atoms with Gasteiger partial charge in [-0.05, 0) is 37.6 Å². The minimum Gasteiger partial charge on any atom is -0.383 e. The molecule has 0 saturated heterocycles.